The van der Waals surface area contributed by atoms with Gasteiger partial charge >= 0.3 is 12.2 Å². The lowest BCUT2D eigenvalue weighted by atomic mass is 9.90. The number of ether oxygens (including phenoxy) is 4. The summed E-state index contributed by atoms with van der Waals surface area (Å²) in [6.07, 6.45) is -2.02. The van der Waals surface area contributed by atoms with Crippen molar-refractivity contribution in [1.29, 1.82) is 0 Å². The van der Waals surface area contributed by atoms with Crippen molar-refractivity contribution in [3.05, 3.63) is 180 Å². The molecule has 0 aliphatic heterocycles. The normalized spacial score (nSPS) is 12.0. The number of hydrogen-bond acceptors (Lipinski definition) is 10. The summed E-state index contributed by atoms with van der Waals surface area (Å²) in [7, 11) is -1.32. The van der Waals surface area contributed by atoms with Gasteiger partial charge in [0.25, 0.3) is 10.0 Å². The molecule has 0 aliphatic carbocycles. The largest absolute Gasteiger partial charge is 0.491 e. The second kappa shape index (κ2) is 21.4. The van der Waals surface area contributed by atoms with Crippen LogP contribution < -0.4 is 29.7 Å². The molecule has 0 saturated heterocycles. The number of carbonyl (C=O) groups excluding carboxylic acids is 2. The van der Waals surface area contributed by atoms with Gasteiger partial charge in [0.05, 0.1) is 31.3 Å². The first kappa shape index (κ1) is 43.7. The van der Waals surface area contributed by atoms with Crippen molar-refractivity contribution in [2.24, 2.45) is 0 Å². The molecule has 0 aliphatic rings. The van der Waals surface area contributed by atoms with Crippen LogP contribution in [0, 0.1) is 0 Å². The van der Waals surface area contributed by atoms with Crippen LogP contribution in [-0.2, 0) is 32.6 Å². The van der Waals surface area contributed by atoms with E-state index in [4.69, 9.17) is 18.9 Å². The van der Waals surface area contributed by atoms with Gasteiger partial charge < -0.3 is 29.4 Å². The molecule has 2 amide bonds. The second-order valence-electron chi connectivity index (χ2n) is 13.9. The molecule has 4 N–H and O–H groups in total. The zero-order valence-corrected chi connectivity index (χ0v) is 34.6. The molecule has 6 aromatic carbocycles. The number of nitrogens with one attached hydrogen (secondary N) is 3. The van der Waals surface area contributed by atoms with Crippen molar-refractivity contribution in [3.63, 3.8) is 0 Å². The highest BCUT2D eigenvalue weighted by atomic mass is 32.2. The number of methoxy groups -OCH3 is 2. The number of rotatable bonds is 19. The third-order valence-corrected chi connectivity index (χ3v) is 11.0. The predicted molar refractivity (Wildman–Crippen MR) is 235 cm³/mol. The molecule has 2 atom stereocenters. The van der Waals surface area contributed by atoms with Crippen molar-refractivity contribution in [2.45, 2.75) is 30.1 Å². The minimum atomic E-state index is -3.96. The van der Waals surface area contributed by atoms with Crippen LogP contribution in [0.25, 0.3) is 0 Å². The van der Waals surface area contributed by atoms with Crippen molar-refractivity contribution >= 4 is 39.3 Å². The summed E-state index contributed by atoms with van der Waals surface area (Å²) in [5.41, 5.74) is 5.11. The highest BCUT2D eigenvalue weighted by molar-refractivity contribution is 7.92. The monoisotopic (exact) mass is 844 g/mol. The summed E-state index contributed by atoms with van der Waals surface area (Å²) in [4.78, 5) is 26.3. The number of sulfonamides is 1. The highest BCUT2D eigenvalue weighted by Crippen LogP contribution is 2.33. The Balaban J connectivity index is 1.14. The standard InChI is InChI=1S/C47H48N4O9S/c1-57-46(53)49-38-22-18-36(19-23-38)43(37-20-24-39(25-21-37)51(47(54)58-2)31-34-12-6-3-7-13-34)30-48-29-40(52)33-59-41-26-27-45(60-32-35-14-8-4-9-15-35)44(28-41)50-61(55,56)42-16-10-5-11-17-42/h3-28,40,43,48,50,52H,29-33H2,1-2H3,(H,49,53). The molecule has 0 spiro atoms. The molecule has 13 nitrogen and oxygen atoms in total. The van der Waals surface area contributed by atoms with Crippen molar-refractivity contribution < 1.29 is 42.1 Å². The molecule has 14 heteroatoms. The van der Waals surface area contributed by atoms with E-state index in [-0.39, 0.29) is 36.3 Å². The topological polar surface area (TPSA) is 165 Å². The average molecular weight is 845 g/mol. The fourth-order valence-corrected chi connectivity index (χ4v) is 7.49. The van der Waals surface area contributed by atoms with Crippen LogP contribution in [0.5, 0.6) is 11.5 Å². The number of aliphatic hydroxyl groups excluding tert-OH is 1. The van der Waals surface area contributed by atoms with Gasteiger partial charge in [-0.25, -0.2) is 18.0 Å². The number of carbonyl (C=O) groups is 2. The van der Waals surface area contributed by atoms with E-state index < -0.39 is 28.3 Å². The lowest BCUT2D eigenvalue weighted by Crippen LogP contribution is -2.34. The molecule has 6 aromatic rings. The molecule has 0 heterocycles. The van der Waals surface area contributed by atoms with E-state index in [9.17, 15) is 23.1 Å². The quantitative estimate of drug-likeness (QED) is 0.0625. The van der Waals surface area contributed by atoms with E-state index in [1.165, 1.54) is 32.4 Å². The van der Waals surface area contributed by atoms with Crippen molar-refractivity contribution in [1.82, 2.24) is 5.32 Å². The Labute approximate surface area is 355 Å². The van der Waals surface area contributed by atoms with Gasteiger partial charge in [0, 0.05) is 36.4 Å². The summed E-state index contributed by atoms with van der Waals surface area (Å²) >= 11 is 0. The molecule has 6 rings (SSSR count). The number of nitrogens with zero attached hydrogens (tertiary/aromatic N) is 1. The van der Waals surface area contributed by atoms with E-state index in [1.807, 2.05) is 97.1 Å². The highest BCUT2D eigenvalue weighted by Gasteiger charge is 2.21. The van der Waals surface area contributed by atoms with Gasteiger partial charge in [-0.3, -0.25) is 14.9 Å². The molecule has 0 aromatic heterocycles. The van der Waals surface area contributed by atoms with Crippen LogP contribution in [0.2, 0.25) is 0 Å². The number of aliphatic hydroxyl groups is 1. The first-order chi connectivity index (χ1) is 29.6. The molecule has 316 valence electrons. The minimum Gasteiger partial charge on any atom is -0.491 e. The summed E-state index contributed by atoms with van der Waals surface area (Å²) in [5, 5.41) is 17.1. The van der Waals surface area contributed by atoms with E-state index in [0.717, 1.165) is 22.3 Å². The van der Waals surface area contributed by atoms with E-state index in [2.05, 4.69) is 15.4 Å². The average Bonchev–Trinajstić information content (AvgIpc) is 3.29. The summed E-state index contributed by atoms with van der Waals surface area (Å²) in [6, 6.07) is 46.9. The predicted octanol–water partition coefficient (Wildman–Crippen LogP) is 8.18. The molecular weight excluding hydrogens is 797 g/mol. The van der Waals surface area contributed by atoms with Crippen LogP contribution in [0.4, 0.5) is 26.7 Å². The SMILES string of the molecule is COC(=O)Nc1ccc(C(CNCC(O)COc2ccc(OCc3ccccc3)c(NS(=O)(=O)c3ccccc3)c2)c2ccc(N(Cc3ccccc3)C(=O)OC)cc2)cc1. The third kappa shape index (κ3) is 12.6. The van der Waals surface area contributed by atoms with Gasteiger partial charge in [-0.2, -0.15) is 0 Å². The van der Waals surface area contributed by atoms with Gasteiger partial charge in [-0.05, 0) is 70.8 Å². The Bertz CT molecular complexity index is 2420. The van der Waals surface area contributed by atoms with Gasteiger partial charge in [-0.15, -0.1) is 0 Å². The lowest BCUT2D eigenvalue weighted by molar-refractivity contribution is 0.106. The molecule has 61 heavy (non-hydrogen) atoms. The molecule has 0 radical (unpaired) electrons. The smallest absolute Gasteiger partial charge is 0.414 e. The Kier molecular flexibility index (Phi) is 15.3. The van der Waals surface area contributed by atoms with Crippen LogP contribution in [0.1, 0.15) is 28.2 Å². The van der Waals surface area contributed by atoms with Gasteiger partial charge in [0.2, 0.25) is 0 Å². The van der Waals surface area contributed by atoms with Crippen LogP contribution in [0.15, 0.2) is 163 Å². The van der Waals surface area contributed by atoms with Gasteiger partial charge in [0.15, 0.2) is 0 Å². The Morgan fingerprint density at radius 3 is 1.92 bits per heavy atom. The zero-order chi connectivity index (χ0) is 43.0. The van der Waals surface area contributed by atoms with Crippen molar-refractivity contribution in [3.8, 4) is 11.5 Å². The summed E-state index contributed by atoms with van der Waals surface area (Å²) < 4.78 is 51.1. The summed E-state index contributed by atoms with van der Waals surface area (Å²) in [6.45, 7) is 1.01. The fraction of sp³-hybridized carbons (Fsp3) is 0.191. The number of benzene rings is 6. The first-order valence-corrected chi connectivity index (χ1v) is 20.9. The molecule has 0 fully saturated rings. The van der Waals surface area contributed by atoms with Gasteiger partial charge in [-0.1, -0.05) is 103 Å². The molecule has 0 saturated carbocycles. The maximum Gasteiger partial charge on any atom is 0.414 e. The molecule has 0 bridgehead atoms. The molecule has 2 unspecified atom stereocenters. The Morgan fingerprint density at radius 2 is 1.30 bits per heavy atom. The van der Waals surface area contributed by atoms with E-state index in [0.29, 0.717) is 36.0 Å². The fourth-order valence-electron chi connectivity index (χ4n) is 6.41. The maximum atomic E-state index is 13.3. The molecular formula is C47H48N4O9S. The summed E-state index contributed by atoms with van der Waals surface area (Å²) in [5.74, 6) is 0.419. The van der Waals surface area contributed by atoms with Crippen LogP contribution in [-0.4, -0.2) is 65.7 Å². The lowest BCUT2D eigenvalue weighted by Gasteiger charge is -2.24. The zero-order valence-electron chi connectivity index (χ0n) is 33.8. The van der Waals surface area contributed by atoms with Crippen molar-refractivity contribution in [2.75, 3.05) is 48.9 Å². The minimum absolute atomic E-state index is 0.0890. The van der Waals surface area contributed by atoms with Gasteiger partial charge in [0.1, 0.15) is 30.8 Å². The number of anilines is 3. The third-order valence-electron chi connectivity index (χ3n) is 9.59. The Hall–Kier alpha value is -6.87. The first-order valence-electron chi connectivity index (χ1n) is 19.5. The maximum absolute atomic E-state index is 13.3. The van der Waals surface area contributed by atoms with E-state index in [1.54, 1.807) is 47.4 Å². The second-order valence-corrected chi connectivity index (χ2v) is 15.6. The number of amides is 2. The van der Waals surface area contributed by atoms with E-state index >= 15 is 0 Å². The Morgan fingerprint density at radius 1 is 0.689 bits per heavy atom. The van der Waals surface area contributed by atoms with Crippen LogP contribution in [0.3, 0.4) is 0 Å². The van der Waals surface area contributed by atoms with Crippen LogP contribution >= 0.6 is 0 Å². The number of hydrogen-bond donors (Lipinski definition) is 4.